The summed E-state index contributed by atoms with van der Waals surface area (Å²) in [4.78, 5) is 2.32. The first-order chi connectivity index (χ1) is 9.24. The van der Waals surface area contributed by atoms with Gasteiger partial charge in [-0.1, -0.05) is 25.1 Å². The van der Waals surface area contributed by atoms with Gasteiger partial charge in [0.25, 0.3) is 0 Å². The molecular formula is C15H24N2O2. The summed E-state index contributed by atoms with van der Waals surface area (Å²) in [5.41, 5.74) is 6.63. The highest BCUT2D eigenvalue weighted by Gasteiger charge is 2.29. The number of para-hydroxylation sites is 1. The molecule has 1 aromatic rings. The number of ether oxygens (including phenoxy) is 1. The van der Waals surface area contributed by atoms with Gasteiger partial charge in [-0.15, -0.1) is 0 Å². The van der Waals surface area contributed by atoms with Gasteiger partial charge in [0.05, 0.1) is 0 Å². The van der Waals surface area contributed by atoms with Crippen molar-refractivity contribution in [3.05, 3.63) is 29.8 Å². The Morgan fingerprint density at radius 1 is 1.42 bits per heavy atom. The number of hydrogen-bond donors (Lipinski definition) is 2. The summed E-state index contributed by atoms with van der Waals surface area (Å²) in [6.45, 7) is 4.58. The van der Waals surface area contributed by atoms with Crippen molar-refractivity contribution in [3.63, 3.8) is 0 Å². The average Bonchev–Trinajstić information content (AvgIpc) is 3.27. The third-order valence-corrected chi connectivity index (χ3v) is 3.54. The highest BCUT2D eigenvalue weighted by atomic mass is 16.5. The van der Waals surface area contributed by atoms with Crippen LogP contribution in [0, 0.1) is 0 Å². The second kappa shape index (κ2) is 6.89. The third kappa shape index (κ3) is 4.20. The van der Waals surface area contributed by atoms with Crippen LogP contribution in [-0.2, 0) is 6.54 Å². The molecule has 1 aliphatic carbocycles. The summed E-state index contributed by atoms with van der Waals surface area (Å²) < 4.78 is 5.68. The molecular weight excluding hydrogens is 240 g/mol. The first kappa shape index (κ1) is 14.3. The molecule has 3 N–H and O–H groups in total. The zero-order valence-electron chi connectivity index (χ0n) is 11.6. The Morgan fingerprint density at radius 3 is 2.79 bits per heavy atom. The Bertz CT molecular complexity index is 393. The fourth-order valence-corrected chi connectivity index (χ4v) is 2.30. The third-order valence-electron chi connectivity index (χ3n) is 3.54. The zero-order chi connectivity index (χ0) is 13.7. The molecule has 0 aromatic heterocycles. The molecule has 0 amide bonds. The molecule has 1 aliphatic rings. The van der Waals surface area contributed by atoms with Crippen LogP contribution in [0.15, 0.2) is 24.3 Å². The fraction of sp³-hybridized carbons (Fsp3) is 0.600. The molecule has 0 bridgehead atoms. The van der Waals surface area contributed by atoms with Crippen LogP contribution in [0.3, 0.4) is 0 Å². The molecule has 106 valence electrons. The summed E-state index contributed by atoms with van der Waals surface area (Å²) in [6, 6.07) is 8.38. The maximum atomic E-state index is 10.1. The molecule has 2 rings (SSSR count). The van der Waals surface area contributed by atoms with E-state index in [1.165, 1.54) is 12.8 Å². The highest BCUT2D eigenvalue weighted by Crippen LogP contribution is 2.26. The van der Waals surface area contributed by atoms with E-state index >= 15 is 0 Å². The quantitative estimate of drug-likeness (QED) is 0.744. The molecule has 4 nitrogen and oxygen atoms in total. The molecule has 0 spiro atoms. The van der Waals surface area contributed by atoms with Crippen LogP contribution in [0.2, 0.25) is 0 Å². The van der Waals surface area contributed by atoms with Gasteiger partial charge in [-0.25, -0.2) is 0 Å². The lowest BCUT2D eigenvalue weighted by Crippen LogP contribution is -2.37. The Balaban J connectivity index is 1.80. The number of nitrogens with zero attached hydrogens (tertiary/aromatic N) is 1. The number of likely N-dealkylation sites (N-methyl/N-ethyl adjacent to an activating group) is 1. The number of aliphatic hydroxyl groups excluding tert-OH is 1. The van der Waals surface area contributed by atoms with Crippen LogP contribution < -0.4 is 10.5 Å². The van der Waals surface area contributed by atoms with Gasteiger partial charge >= 0.3 is 0 Å². The number of benzene rings is 1. The lowest BCUT2D eigenvalue weighted by Gasteiger charge is -2.23. The lowest BCUT2D eigenvalue weighted by molar-refractivity contribution is 0.0669. The van der Waals surface area contributed by atoms with Crippen molar-refractivity contribution in [2.75, 3.05) is 19.7 Å². The lowest BCUT2D eigenvalue weighted by atomic mass is 10.2. The molecule has 0 heterocycles. The van der Waals surface area contributed by atoms with E-state index in [0.717, 1.165) is 17.9 Å². The van der Waals surface area contributed by atoms with E-state index < -0.39 is 6.10 Å². The molecule has 0 aliphatic heterocycles. The fourth-order valence-electron chi connectivity index (χ4n) is 2.30. The zero-order valence-corrected chi connectivity index (χ0v) is 11.6. The first-order valence-electron chi connectivity index (χ1n) is 7.07. The van der Waals surface area contributed by atoms with E-state index in [9.17, 15) is 5.11 Å². The maximum Gasteiger partial charge on any atom is 0.123 e. The summed E-state index contributed by atoms with van der Waals surface area (Å²) >= 11 is 0. The van der Waals surface area contributed by atoms with E-state index in [1.807, 2.05) is 24.3 Å². The van der Waals surface area contributed by atoms with Gasteiger partial charge in [-0.05, 0) is 25.5 Å². The minimum Gasteiger partial charge on any atom is -0.491 e. The van der Waals surface area contributed by atoms with E-state index in [4.69, 9.17) is 10.5 Å². The second-order valence-corrected chi connectivity index (χ2v) is 5.10. The van der Waals surface area contributed by atoms with Gasteiger partial charge in [-0.2, -0.15) is 0 Å². The summed E-state index contributed by atoms with van der Waals surface area (Å²) in [6.07, 6.45) is 2.07. The van der Waals surface area contributed by atoms with E-state index in [2.05, 4.69) is 11.8 Å². The van der Waals surface area contributed by atoms with Gasteiger partial charge in [-0.3, -0.25) is 4.90 Å². The summed E-state index contributed by atoms with van der Waals surface area (Å²) in [7, 11) is 0. The van der Waals surface area contributed by atoms with Crippen molar-refractivity contribution >= 4 is 0 Å². The molecule has 1 atom stereocenters. The molecule has 0 radical (unpaired) electrons. The van der Waals surface area contributed by atoms with Gasteiger partial charge in [0, 0.05) is 24.7 Å². The van der Waals surface area contributed by atoms with Crippen LogP contribution in [0.5, 0.6) is 5.75 Å². The van der Waals surface area contributed by atoms with Crippen LogP contribution >= 0.6 is 0 Å². The van der Waals surface area contributed by atoms with Crippen molar-refractivity contribution in [1.29, 1.82) is 0 Å². The van der Waals surface area contributed by atoms with Crippen molar-refractivity contribution in [2.24, 2.45) is 5.73 Å². The monoisotopic (exact) mass is 264 g/mol. The molecule has 1 unspecified atom stereocenters. The smallest absolute Gasteiger partial charge is 0.123 e. The van der Waals surface area contributed by atoms with E-state index in [1.54, 1.807) is 0 Å². The maximum absolute atomic E-state index is 10.1. The predicted molar refractivity (Wildman–Crippen MR) is 76.1 cm³/mol. The van der Waals surface area contributed by atoms with Crippen LogP contribution in [0.4, 0.5) is 0 Å². The normalized spacial score (nSPS) is 16.6. The number of hydrogen-bond acceptors (Lipinski definition) is 4. The topological polar surface area (TPSA) is 58.7 Å². The molecule has 1 saturated carbocycles. The minimum absolute atomic E-state index is 0.320. The number of nitrogens with two attached hydrogens (primary N) is 1. The van der Waals surface area contributed by atoms with Crippen molar-refractivity contribution in [2.45, 2.75) is 38.5 Å². The van der Waals surface area contributed by atoms with Gasteiger partial charge in [0.15, 0.2) is 0 Å². The number of aliphatic hydroxyl groups is 1. The van der Waals surface area contributed by atoms with Crippen LogP contribution in [0.25, 0.3) is 0 Å². The Labute approximate surface area is 115 Å². The number of rotatable bonds is 8. The standard InChI is InChI=1S/C15H24N2O2/c1-2-17(13-7-8-13)10-14(18)11-19-15-6-4-3-5-12(15)9-16/h3-6,13-14,18H,2,7-11,16H2,1H3. The second-order valence-electron chi connectivity index (χ2n) is 5.10. The molecule has 1 aromatic carbocycles. The van der Waals surface area contributed by atoms with Crippen molar-refractivity contribution in [3.8, 4) is 5.75 Å². The highest BCUT2D eigenvalue weighted by molar-refractivity contribution is 5.32. The summed E-state index contributed by atoms with van der Waals surface area (Å²) in [5, 5.41) is 10.1. The van der Waals surface area contributed by atoms with E-state index in [0.29, 0.717) is 25.7 Å². The summed E-state index contributed by atoms with van der Waals surface area (Å²) in [5.74, 6) is 0.776. The van der Waals surface area contributed by atoms with Crippen molar-refractivity contribution < 1.29 is 9.84 Å². The Hall–Kier alpha value is -1.10. The van der Waals surface area contributed by atoms with Gasteiger partial charge in [0.2, 0.25) is 0 Å². The SMILES string of the molecule is CCN(CC(O)COc1ccccc1CN)C1CC1. The average molecular weight is 264 g/mol. The minimum atomic E-state index is -0.452. The van der Waals surface area contributed by atoms with Crippen molar-refractivity contribution in [1.82, 2.24) is 4.90 Å². The Morgan fingerprint density at radius 2 is 2.16 bits per heavy atom. The molecule has 19 heavy (non-hydrogen) atoms. The predicted octanol–water partition coefficient (Wildman–Crippen LogP) is 1.37. The van der Waals surface area contributed by atoms with Gasteiger partial charge in [0.1, 0.15) is 18.5 Å². The van der Waals surface area contributed by atoms with Gasteiger partial charge < -0.3 is 15.6 Å². The first-order valence-corrected chi connectivity index (χ1v) is 7.07. The molecule has 0 saturated heterocycles. The largest absolute Gasteiger partial charge is 0.491 e. The van der Waals surface area contributed by atoms with Crippen LogP contribution in [0.1, 0.15) is 25.3 Å². The molecule has 1 fully saturated rings. The van der Waals surface area contributed by atoms with E-state index in [-0.39, 0.29) is 0 Å². The molecule has 4 heteroatoms. The Kier molecular flexibility index (Phi) is 5.19. The van der Waals surface area contributed by atoms with Crippen LogP contribution in [-0.4, -0.2) is 41.8 Å².